The first kappa shape index (κ1) is 15.2. The smallest absolute Gasteiger partial charge is 0.273 e. The van der Waals surface area contributed by atoms with Gasteiger partial charge >= 0.3 is 0 Å². The highest BCUT2D eigenvalue weighted by molar-refractivity contribution is 7.89. The van der Waals surface area contributed by atoms with E-state index in [4.69, 9.17) is 4.42 Å². The van der Waals surface area contributed by atoms with Gasteiger partial charge in [0.05, 0.1) is 6.54 Å². The molecule has 0 atom stereocenters. The molecule has 0 saturated carbocycles. The van der Waals surface area contributed by atoms with Gasteiger partial charge in [0.2, 0.25) is 5.09 Å². The summed E-state index contributed by atoms with van der Waals surface area (Å²) in [4.78, 5) is 0. The van der Waals surface area contributed by atoms with Crippen LogP contribution in [0.25, 0.3) is 0 Å². The van der Waals surface area contributed by atoms with Crippen LogP contribution >= 0.6 is 0 Å². The molecule has 0 aliphatic carbocycles. The average molecular weight is 274 g/mol. The van der Waals surface area contributed by atoms with Crippen molar-refractivity contribution in [2.75, 3.05) is 7.05 Å². The molecule has 1 heterocycles. The number of nitrogens with one attached hydrogen (secondary N) is 2. The molecule has 1 rings (SSSR count). The summed E-state index contributed by atoms with van der Waals surface area (Å²) in [5, 5.41) is 3.30. The minimum Gasteiger partial charge on any atom is -0.447 e. The normalized spacial score (nSPS) is 12.9. The largest absolute Gasteiger partial charge is 0.447 e. The quantitative estimate of drug-likeness (QED) is 0.796. The molecular formula is C12H22N2O3S. The maximum Gasteiger partial charge on any atom is 0.273 e. The molecule has 1 aromatic heterocycles. The van der Waals surface area contributed by atoms with E-state index in [9.17, 15) is 8.42 Å². The van der Waals surface area contributed by atoms with E-state index >= 15 is 0 Å². The number of sulfonamides is 1. The molecule has 0 fully saturated rings. The standard InChI is InChI=1S/C12H22N2O3S/c1-5-8-12(2,3)14-9-10-6-7-11(17-10)18(15,16)13-4/h6-7,13-14H,5,8-9H2,1-4H3. The fourth-order valence-corrected chi connectivity index (χ4v) is 2.40. The number of hydrogen-bond donors (Lipinski definition) is 2. The third-order valence-electron chi connectivity index (χ3n) is 2.79. The third-order valence-corrected chi connectivity index (χ3v) is 4.07. The number of hydrogen-bond acceptors (Lipinski definition) is 4. The lowest BCUT2D eigenvalue weighted by molar-refractivity contribution is 0.325. The van der Waals surface area contributed by atoms with Crippen molar-refractivity contribution in [2.24, 2.45) is 0 Å². The average Bonchev–Trinajstić information content (AvgIpc) is 2.76. The molecule has 18 heavy (non-hydrogen) atoms. The lowest BCUT2D eigenvalue weighted by Gasteiger charge is -2.25. The second kappa shape index (κ2) is 5.86. The lowest BCUT2D eigenvalue weighted by atomic mass is 9.99. The maximum atomic E-state index is 11.5. The molecule has 0 unspecified atom stereocenters. The van der Waals surface area contributed by atoms with E-state index in [1.807, 2.05) is 0 Å². The molecule has 2 N–H and O–H groups in total. The summed E-state index contributed by atoms with van der Waals surface area (Å²) < 4.78 is 30.5. The van der Waals surface area contributed by atoms with Crippen LogP contribution in [-0.2, 0) is 16.6 Å². The van der Waals surface area contributed by atoms with Crippen molar-refractivity contribution in [2.45, 2.75) is 50.8 Å². The molecule has 0 bridgehead atoms. The van der Waals surface area contributed by atoms with E-state index in [1.165, 1.54) is 13.1 Å². The van der Waals surface area contributed by atoms with Gasteiger partial charge in [-0.3, -0.25) is 0 Å². The highest BCUT2D eigenvalue weighted by Gasteiger charge is 2.19. The summed E-state index contributed by atoms with van der Waals surface area (Å²) in [5.41, 5.74) is 0.0174. The Morgan fingerprint density at radius 2 is 2.00 bits per heavy atom. The van der Waals surface area contributed by atoms with E-state index in [-0.39, 0.29) is 10.6 Å². The zero-order valence-corrected chi connectivity index (χ0v) is 12.2. The summed E-state index contributed by atoms with van der Waals surface area (Å²) in [6, 6.07) is 3.15. The van der Waals surface area contributed by atoms with Crippen LogP contribution in [0.4, 0.5) is 0 Å². The zero-order valence-electron chi connectivity index (χ0n) is 11.4. The predicted molar refractivity (Wildman–Crippen MR) is 70.8 cm³/mol. The minimum atomic E-state index is -3.49. The predicted octanol–water partition coefficient (Wildman–Crippen LogP) is 1.86. The van der Waals surface area contributed by atoms with Crippen molar-refractivity contribution in [3.8, 4) is 0 Å². The van der Waals surface area contributed by atoms with E-state index in [0.717, 1.165) is 12.8 Å². The van der Waals surface area contributed by atoms with Crippen LogP contribution in [0.5, 0.6) is 0 Å². The monoisotopic (exact) mass is 274 g/mol. The molecule has 0 aliphatic rings. The molecular weight excluding hydrogens is 252 g/mol. The summed E-state index contributed by atoms with van der Waals surface area (Å²) >= 11 is 0. The van der Waals surface area contributed by atoms with E-state index < -0.39 is 10.0 Å². The molecule has 0 aliphatic heterocycles. The summed E-state index contributed by atoms with van der Waals surface area (Å²) in [5.74, 6) is 0.619. The Kier molecular flexibility index (Phi) is 4.95. The number of furan rings is 1. The van der Waals surface area contributed by atoms with Gasteiger partial charge in [-0.05, 0) is 39.4 Å². The van der Waals surface area contributed by atoms with Crippen molar-refractivity contribution >= 4 is 10.0 Å². The van der Waals surface area contributed by atoms with Gasteiger partial charge in [0, 0.05) is 5.54 Å². The lowest BCUT2D eigenvalue weighted by Crippen LogP contribution is -2.38. The molecule has 0 amide bonds. The van der Waals surface area contributed by atoms with Crippen LogP contribution in [0.2, 0.25) is 0 Å². The first-order valence-corrected chi connectivity index (χ1v) is 7.56. The second-order valence-corrected chi connectivity index (χ2v) is 6.73. The Hall–Kier alpha value is -0.850. The van der Waals surface area contributed by atoms with Crippen LogP contribution in [0.1, 0.15) is 39.4 Å². The van der Waals surface area contributed by atoms with Crippen LogP contribution in [-0.4, -0.2) is 21.0 Å². The van der Waals surface area contributed by atoms with Crippen LogP contribution in [0.15, 0.2) is 21.6 Å². The van der Waals surface area contributed by atoms with Gasteiger partial charge in [-0.25, -0.2) is 13.1 Å². The van der Waals surface area contributed by atoms with Crippen LogP contribution in [0, 0.1) is 0 Å². The molecule has 0 aromatic carbocycles. The molecule has 1 aromatic rings. The highest BCUT2D eigenvalue weighted by Crippen LogP contribution is 2.16. The molecule has 0 radical (unpaired) electrons. The first-order valence-electron chi connectivity index (χ1n) is 6.08. The topological polar surface area (TPSA) is 71.3 Å². The second-order valence-electron chi connectivity index (χ2n) is 4.92. The van der Waals surface area contributed by atoms with Gasteiger partial charge < -0.3 is 9.73 Å². The summed E-state index contributed by atoms with van der Waals surface area (Å²) in [6.45, 7) is 6.88. The highest BCUT2D eigenvalue weighted by atomic mass is 32.2. The molecule has 0 spiro atoms. The van der Waals surface area contributed by atoms with E-state index in [2.05, 4.69) is 30.8 Å². The van der Waals surface area contributed by atoms with Gasteiger partial charge in [0.15, 0.2) is 0 Å². The Balaban J connectivity index is 2.66. The molecule has 104 valence electrons. The maximum absolute atomic E-state index is 11.5. The van der Waals surface area contributed by atoms with Crippen molar-refractivity contribution in [3.05, 3.63) is 17.9 Å². The first-order chi connectivity index (χ1) is 8.30. The Morgan fingerprint density at radius 1 is 1.33 bits per heavy atom. The van der Waals surface area contributed by atoms with Gasteiger partial charge in [0.25, 0.3) is 10.0 Å². The van der Waals surface area contributed by atoms with E-state index in [0.29, 0.717) is 12.3 Å². The third kappa shape index (κ3) is 4.12. The van der Waals surface area contributed by atoms with Crippen molar-refractivity contribution < 1.29 is 12.8 Å². The zero-order chi connectivity index (χ0) is 13.8. The van der Waals surface area contributed by atoms with Crippen molar-refractivity contribution in [3.63, 3.8) is 0 Å². The molecule has 0 saturated heterocycles. The Bertz CT molecular complexity index is 477. The van der Waals surface area contributed by atoms with Gasteiger partial charge in [-0.1, -0.05) is 13.3 Å². The fraction of sp³-hybridized carbons (Fsp3) is 0.667. The molecule has 5 nitrogen and oxygen atoms in total. The van der Waals surface area contributed by atoms with Gasteiger partial charge in [-0.15, -0.1) is 0 Å². The summed E-state index contributed by atoms with van der Waals surface area (Å²) in [7, 11) is -2.12. The van der Waals surface area contributed by atoms with Crippen molar-refractivity contribution in [1.82, 2.24) is 10.0 Å². The van der Waals surface area contributed by atoms with Gasteiger partial charge in [0.1, 0.15) is 5.76 Å². The van der Waals surface area contributed by atoms with Crippen LogP contribution < -0.4 is 10.0 Å². The Morgan fingerprint density at radius 3 is 2.56 bits per heavy atom. The van der Waals surface area contributed by atoms with Crippen LogP contribution in [0.3, 0.4) is 0 Å². The molecule has 6 heteroatoms. The number of rotatable bonds is 7. The van der Waals surface area contributed by atoms with Crippen molar-refractivity contribution in [1.29, 1.82) is 0 Å². The SMILES string of the molecule is CCCC(C)(C)NCc1ccc(S(=O)(=O)NC)o1. The van der Waals surface area contributed by atoms with Gasteiger partial charge in [-0.2, -0.15) is 0 Å². The summed E-state index contributed by atoms with van der Waals surface area (Å²) in [6.07, 6.45) is 2.15. The fourth-order valence-electron chi connectivity index (χ4n) is 1.74. The Labute approximate surface area is 109 Å². The van der Waals surface area contributed by atoms with E-state index in [1.54, 1.807) is 6.07 Å². The minimum absolute atomic E-state index is 0.0174.